The van der Waals surface area contributed by atoms with E-state index >= 15 is 0 Å². The van der Waals surface area contributed by atoms with Crippen molar-refractivity contribution >= 4 is 34.2 Å². The molecular weight excluding hydrogens is 310 g/mol. The second-order valence-electron chi connectivity index (χ2n) is 5.19. The minimum atomic E-state index is -0.176. The van der Waals surface area contributed by atoms with Gasteiger partial charge in [0.2, 0.25) is 0 Å². The molecule has 0 atom stereocenters. The molecule has 23 heavy (non-hydrogen) atoms. The van der Waals surface area contributed by atoms with Crippen LogP contribution in [0.1, 0.15) is 0 Å². The summed E-state index contributed by atoms with van der Waals surface area (Å²) in [6.45, 7) is 0. The Hall–Kier alpha value is -2.86. The third kappa shape index (κ3) is 2.07. The SMILES string of the molecule is COc1ccc(-n2c(=S)[nH]c3c([nH]c4ccccc43)c2=O)cc1. The van der Waals surface area contributed by atoms with Gasteiger partial charge >= 0.3 is 0 Å². The molecule has 0 aliphatic heterocycles. The van der Waals surface area contributed by atoms with Gasteiger partial charge < -0.3 is 14.7 Å². The van der Waals surface area contributed by atoms with Gasteiger partial charge in [-0.15, -0.1) is 0 Å². The van der Waals surface area contributed by atoms with Crippen LogP contribution >= 0.6 is 12.2 Å². The molecule has 0 aliphatic carbocycles. The molecule has 4 aromatic rings. The van der Waals surface area contributed by atoms with Gasteiger partial charge in [0, 0.05) is 10.9 Å². The van der Waals surface area contributed by atoms with Gasteiger partial charge in [-0.3, -0.25) is 9.36 Å². The summed E-state index contributed by atoms with van der Waals surface area (Å²) in [6.07, 6.45) is 0. The minimum Gasteiger partial charge on any atom is -0.497 e. The summed E-state index contributed by atoms with van der Waals surface area (Å²) in [5, 5.41) is 0.951. The topological polar surface area (TPSA) is 62.8 Å². The van der Waals surface area contributed by atoms with Crippen LogP contribution in [0, 0.1) is 4.77 Å². The summed E-state index contributed by atoms with van der Waals surface area (Å²) in [5.74, 6) is 0.725. The molecule has 2 N–H and O–H groups in total. The van der Waals surface area contributed by atoms with Crippen molar-refractivity contribution in [2.24, 2.45) is 0 Å². The third-order valence-corrected chi connectivity index (χ3v) is 4.17. The van der Waals surface area contributed by atoms with Gasteiger partial charge in [-0.2, -0.15) is 0 Å². The number of fused-ring (bicyclic) bond motifs is 3. The van der Waals surface area contributed by atoms with E-state index in [1.165, 1.54) is 4.57 Å². The number of rotatable bonds is 2. The van der Waals surface area contributed by atoms with Crippen LogP contribution in [-0.4, -0.2) is 21.6 Å². The maximum absolute atomic E-state index is 12.9. The van der Waals surface area contributed by atoms with Gasteiger partial charge in [-0.25, -0.2) is 0 Å². The molecular formula is C17H13N3O2S. The Labute approximate surface area is 136 Å². The summed E-state index contributed by atoms with van der Waals surface area (Å²) in [6, 6.07) is 14.9. The summed E-state index contributed by atoms with van der Waals surface area (Å²) in [4.78, 5) is 19.2. The van der Waals surface area contributed by atoms with E-state index < -0.39 is 0 Å². The number of ether oxygens (including phenoxy) is 1. The van der Waals surface area contributed by atoms with Crippen molar-refractivity contribution in [3.05, 3.63) is 63.7 Å². The van der Waals surface area contributed by atoms with Crippen molar-refractivity contribution in [3.8, 4) is 11.4 Å². The molecule has 0 saturated carbocycles. The molecule has 0 spiro atoms. The lowest BCUT2D eigenvalue weighted by molar-refractivity contribution is 0.414. The first kappa shape index (κ1) is 13.8. The molecule has 0 unspecified atom stereocenters. The van der Waals surface area contributed by atoms with Crippen molar-refractivity contribution in [1.82, 2.24) is 14.5 Å². The second-order valence-corrected chi connectivity index (χ2v) is 5.58. The predicted molar refractivity (Wildman–Crippen MR) is 93.1 cm³/mol. The highest BCUT2D eigenvalue weighted by Crippen LogP contribution is 2.22. The smallest absolute Gasteiger partial charge is 0.283 e. The monoisotopic (exact) mass is 323 g/mol. The van der Waals surface area contributed by atoms with E-state index in [1.54, 1.807) is 31.4 Å². The molecule has 2 heterocycles. The van der Waals surface area contributed by atoms with Crippen molar-refractivity contribution < 1.29 is 4.74 Å². The fourth-order valence-corrected chi connectivity index (χ4v) is 3.06. The number of para-hydroxylation sites is 1. The quantitative estimate of drug-likeness (QED) is 0.555. The Kier molecular flexibility index (Phi) is 3.06. The Balaban J connectivity index is 2.05. The van der Waals surface area contributed by atoms with Gasteiger partial charge in [-0.1, -0.05) is 18.2 Å². The minimum absolute atomic E-state index is 0.176. The van der Waals surface area contributed by atoms with Crippen LogP contribution in [0.5, 0.6) is 5.75 Å². The van der Waals surface area contributed by atoms with Crippen molar-refractivity contribution in [3.63, 3.8) is 0 Å². The zero-order chi connectivity index (χ0) is 16.0. The zero-order valence-corrected chi connectivity index (χ0v) is 13.1. The molecule has 2 aromatic heterocycles. The van der Waals surface area contributed by atoms with E-state index in [0.717, 1.165) is 22.2 Å². The molecule has 6 heteroatoms. The van der Waals surface area contributed by atoms with Gasteiger partial charge in [0.15, 0.2) is 4.77 Å². The molecule has 4 rings (SSSR count). The van der Waals surface area contributed by atoms with Gasteiger partial charge in [0.05, 0.1) is 18.3 Å². The van der Waals surface area contributed by atoms with Crippen LogP contribution < -0.4 is 10.3 Å². The Morgan fingerprint density at radius 3 is 2.48 bits per heavy atom. The summed E-state index contributed by atoms with van der Waals surface area (Å²) < 4.78 is 6.99. The third-order valence-electron chi connectivity index (χ3n) is 3.89. The molecule has 2 aromatic carbocycles. The molecule has 0 aliphatic rings. The van der Waals surface area contributed by atoms with Crippen molar-refractivity contribution in [2.75, 3.05) is 7.11 Å². The molecule has 0 fully saturated rings. The zero-order valence-electron chi connectivity index (χ0n) is 12.3. The standard InChI is InChI=1S/C17H13N3O2S/c1-22-11-8-6-10(7-9-11)20-16(21)15-14(19-17(20)23)12-4-2-3-5-13(12)18-15/h2-9,18H,1H3,(H,19,23). The van der Waals surface area contributed by atoms with E-state index in [0.29, 0.717) is 16.0 Å². The summed E-state index contributed by atoms with van der Waals surface area (Å²) in [5.41, 5.74) is 2.66. The molecule has 114 valence electrons. The lowest BCUT2D eigenvalue weighted by Gasteiger charge is -2.07. The summed E-state index contributed by atoms with van der Waals surface area (Å²) in [7, 11) is 1.60. The molecule has 0 saturated heterocycles. The second kappa shape index (κ2) is 5.10. The fraction of sp³-hybridized carbons (Fsp3) is 0.0588. The van der Waals surface area contributed by atoms with Gasteiger partial charge in [0.25, 0.3) is 5.56 Å². The predicted octanol–water partition coefficient (Wildman–Crippen LogP) is 3.54. The number of methoxy groups -OCH3 is 1. The van der Waals surface area contributed by atoms with Crippen LogP contribution in [0.15, 0.2) is 53.3 Å². The highest BCUT2D eigenvalue weighted by atomic mass is 32.1. The Bertz CT molecular complexity index is 1140. The lowest BCUT2D eigenvalue weighted by Crippen LogP contribution is -2.20. The van der Waals surface area contributed by atoms with Crippen molar-refractivity contribution in [1.29, 1.82) is 0 Å². The number of benzene rings is 2. The van der Waals surface area contributed by atoms with Crippen LogP contribution in [-0.2, 0) is 0 Å². The number of nitrogens with zero attached hydrogens (tertiary/aromatic N) is 1. The first-order valence-corrected chi connectivity index (χ1v) is 7.50. The molecule has 0 amide bonds. The van der Waals surface area contributed by atoms with Gasteiger partial charge in [0.1, 0.15) is 11.3 Å². The molecule has 5 nitrogen and oxygen atoms in total. The number of nitrogens with one attached hydrogen (secondary N) is 2. The first-order valence-electron chi connectivity index (χ1n) is 7.09. The number of hydrogen-bond donors (Lipinski definition) is 2. The van der Waals surface area contributed by atoms with Crippen LogP contribution in [0.25, 0.3) is 27.6 Å². The number of aromatic amines is 2. The summed E-state index contributed by atoms with van der Waals surface area (Å²) >= 11 is 5.40. The number of aromatic nitrogens is 3. The maximum atomic E-state index is 12.9. The maximum Gasteiger partial charge on any atom is 0.283 e. The van der Waals surface area contributed by atoms with E-state index in [-0.39, 0.29) is 5.56 Å². The highest BCUT2D eigenvalue weighted by molar-refractivity contribution is 7.71. The lowest BCUT2D eigenvalue weighted by atomic mass is 10.2. The van der Waals surface area contributed by atoms with E-state index in [4.69, 9.17) is 17.0 Å². The van der Waals surface area contributed by atoms with E-state index in [9.17, 15) is 4.79 Å². The first-order chi connectivity index (χ1) is 11.2. The number of hydrogen-bond acceptors (Lipinski definition) is 3. The van der Waals surface area contributed by atoms with Crippen LogP contribution in [0.4, 0.5) is 0 Å². The van der Waals surface area contributed by atoms with Gasteiger partial charge in [-0.05, 0) is 42.5 Å². The molecule has 0 radical (unpaired) electrons. The van der Waals surface area contributed by atoms with Crippen molar-refractivity contribution in [2.45, 2.75) is 0 Å². The van der Waals surface area contributed by atoms with E-state index in [2.05, 4.69) is 9.97 Å². The average Bonchev–Trinajstić information content (AvgIpc) is 2.95. The van der Waals surface area contributed by atoms with Crippen LogP contribution in [0.2, 0.25) is 0 Å². The average molecular weight is 323 g/mol. The van der Waals surface area contributed by atoms with Crippen LogP contribution in [0.3, 0.4) is 0 Å². The Morgan fingerprint density at radius 2 is 1.74 bits per heavy atom. The normalized spacial score (nSPS) is 11.2. The fourth-order valence-electron chi connectivity index (χ4n) is 2.76. The van der Waals surface area contributed by atoms with E-state index in [1.807, 2.05) is 24.3 Å². The Morgan fingerprint density at radius 1 is 1.00 bits per heavy atom. The largest absolute Gasteiger partial charge is 0.497 e. The molecule has 0 bridgehead atoms. The highest BCUT2D eigenvalue weighted by Gasteiger charge is 2.12. The number of H-pyrrole nitrogens is 2.